The van der Waals surface area contributed by atoms with E-state index in [2.05, 4.69) is 26.4 Å². The Morgan fingerprint density at radius 1 is 1.00 bits per heavy atom. The molecule has 1 rings (SSSR count). The molecule has 1 saturated carbocycles. The Morgan fingerprint density at radius 3 is 1.57 bits per heavy atom. The van der Waals surface area contributed by atoms with E-state index in [1.54, 1.807) is 0 Å². The van der Waals surface area contributed by atoms with Crippen molar-refractivity contribution in [1.29, 1.82) is 0 Å². The molecular formula is C9H7ClFeO3. The van der Waals surface area contributed by atoms with Crippen molar-refractivity contribution in [2.24, 2.45) is 0 Å². The summed E-state index contributed by atoms with van der Waals surface area (Å²) in [5, 5.41) is 0.881. The second-order valence-corrected chi connectivity index (χ2v) is 2.01. The van der Waals surface area contributed by atoms with Crippen LogP contribution in [0.4, 0.5) is 0 Å². The van der Waals surface area contributed by atoms with E-state index >= 15 is 0 Å². The molecule has 0 amide bonds. The molecule has 0 saturated heterocycles. The third-order valence-corrected chi connectivity index (χ3v) is 1.23. The van der Waals surface area contributed by atoms with Crippen LogP contribution in [-0.4, -0.2) is 0 Å². The maximum atomic E-state index is 7.50. The normalized spacial score (nSPS) is 13.1. The molecule has 0 aromatic rings. The van der Waals surface area contributed by atoms with Crippen LogP contribution in [0.3, 0.4) is 0 Å². The summed E-state index contributed by atoms with van der Waals surface area (Å²) < 4.78 is 22.5. The zero-order chi connectivity index (χ0) is 11.1. The molecule has 1 aliphatic carbocycles. The monoisotopic (exact) mass is 254 g/mol. The fraction of sp³-hybridized carbons (Fsp3) is 0.222. The number of hydrogen-bond acceptors (Lipinski definition) is 0. The van der Waals surface area contributed by atoms with E-state index in [0.29, 0.717) is 0 Å². The maximum absolute atomic E-state index is 7.50. The minimum Gasteiger partial charge on any atom is 0 e. The van der Waals surface area contributed by atoms with Gasteiger partial charge in [-0.3, -0.25) is 0 Å². The summed E-state index contributed by atoms with van der Waals surface area (Å²) in [6, 6.07) is 0. The number of rotatable bonds is 0. The molecule has 0 bridgehead atoms. The average molecular weight is 254 g/mol. The summed E-state index contributed by atoms with van der Waals surface area (Å²) in [4.78, 5) is 0. The van der Waals surface area contributed by atoms with E-state index in [1.165, 1.54) is 0 Å². The van der Waals surface area contributed by atoms with Crippen molar-refractivity contribution in [3.05, 3.63) is 44.6 Å². The second-order valence-electron chi connectivity index (χ2n) is 1.57. The van der Waals surface area contributed by atoms with Crippen LogP contribution in [0.2, 0.25) is 0 Å². The Balaban J connectivity index is -0.0000000625. The third kappa shape index (κ3) is 22.7. The van der Waals surface area contributed by atoms with Gasteiger partial charge in [0.2, 0.25) is 0 Å². The molecule has 0 spiro atoms. The van der Waals surface area contributed by atoms with E-state index < -0.39 is 0 Å². The molecule has 76 valence electrons. The predicted molar refractivity (Wildman–Crippen MR) is 43.0 cm³/mol. The topological polar surface area (TPSA) is 59.7 Å². The molecule has 0 aromatic heterocycles. The van der Waals surface area contributed by atoms with Crippen molar-refractivity contribution in [1.82, 2.24) is 0 Å². The van der Waals surface area contributed by atoms with E-state index in [1.807, 2.05) is 12.8 Å². The van der Waals surface area contributed by atoms with Gasteiger partial charge < -0.3 is 0 Å². The first-order chi connectivity index (χ1) is 6.39. The molecule has 0 aliphatic heterocycles. The number of halogens is 1. The van der Waals surface area contributed by atoms with Crippen molar-refractivity contribution in [3.8, 4) is 0 Å². The van der Waals surface area contributed by atoms with Crippen molar-refractivity contribution in [3.63, 3.8) is 0 Å². The molecule has 0 heterocycles. The van der Waals surface area contributed by atoms with Gasteiger partial charge in [-0.2, -0.15) is 0 Å². The summed E-state index contributed by atoms with van der Waals surface area (Å²) >= 11 is 5.59. The predicted octanol–water partition coefficient (Wildman–Crippen LogP) is 2.05. The third-order valence-electron chi connectivity index (χ3n) is 0.950. The van der Waals surface area contributed by atoms with Crippen LogP contribution in [0.25, 0.3) is 0 Å². The van der Waals surface area contributed by atoms with Gasteiger partial charge in [-0.05, 0) is 32.1 Å². The van der Waals surface area contributed by atoms with Gasteiger partial charge in [0.25, 0.3) is 0 Å². The van der Waals surface area contributed by atoms with Crippen LogP contribution in [0.15, 0.2) is 0 Å². The van der Waals surface area contributed by atoms with Crippen molar-refractivity contribution in [2.45, 2.75) is 12.8 Å². The molecule has 14 heavy (non-hydrogen) atoms. The van der Waals surface area contributed by atoms with Crippen LogP contribution in [-0.2, 0) is 31.0 Å². The van der Waals surface area contributed by atoms with Gasteiger partial charge in [-0.15, -0.1) is 11.6 Å². The molecule has 0 unspecified atom stereocenters. The minimum atomic E-state index is 0. The number of hydrogen-bond donors (Lipinski definition) is 0. The zero-order valence-corrected chi connectivity index (χ0v) is 8.96. The Bertz CT molecular complexity index is 124. The smallest absolute Gasteiger partial charge is 0 e. The van der Waals surface area contributed by atoms with Crippen molar-refractivity contribution in [2.75, 3.05) is 0 Å². The van der Waals surface area contributed by atoms with Gasteiger partial charge in [0.05, 0.1) is 5.38 Å². The molecule has 3 nitrogen and oxygen atoms in total. The van der Waals surface area contributed by atoms with Crippen molar-refractivity contribution < 1.29 is 31.0 Å². The summed E-state index contributed by atoms with van der Waals surface area (Å²) in [6.45, 7) is 13.5. The molecule has 1 aliphatic rings. The quantitative estimate of drug-likeness (QED) is 0.361. The molecule has 5 heteroatoms. The van der Waals surface area contributed by atoms with Gasteiger partial charge in [0, 0.05) is 17.1 Å². The molecular weight excluding hydrogens is 247 g/mol. The molecule has 0 aromatic carbocycles. The molecule has 0 atom stereocenters. The zero-order valence-electron chi connectivity index (χ0n) is 7.10. The van der Waals surface area contributed by atoms with Gasteiger partial charge in [-0.1, -0.05) is 0 Å². The van der Waals surface area contributed by atoms with Gasteiger partial charge >= 0.3 is 33.9 Å². The van der Waals surface area contributed by atoms with Crippen LogP contribution in [0.1, 0.15) is 12.8 Å². The first kappa shape index (κ1) is 23.7. The first-order valence-corrected chi connectivity index (χ1v) is 3.41. The van der Waals surface area contributed by atoms with Crippen LogP contribution >= 0.6 is 11.6 Å². The molecule has 1 fully saturated rings. The Morgan fingerprint density at radius 2 is 1.43 bits per heavy atom. The standard InChI is InChI=1S/C6H7Cl.3CO.Fe/c7-6-4-2-1-3-5-6;3*1-2;/h2,4-5H,1,3H2;;;;. The Labute approximate surface area is 100 Å². The van der Waals surface area contributed by atoms with E-state index in [0.717, 1.165) is 18.2 Å². The van der Waals surface area contributed by atoms with Crippen LogP contribution in [0.5, 0.6) is 0 Å². The van der Waals surface area contributed by atoms with Crippen LogP contribution in [0, 0.1) is 44.6 Å². The SMILES string of the molecule is Cl[C]1[CH][CH]CC[CH]1.[C-]#[O+].[C-]#[O+].[C-]#[O+].[Fe]. The van der Waals surface area contributed by atoms with Gasteiger partial charge in [0.1, 0.15) is 0 Å². The average Bonchev–Trinajstić information content (AvgIpc) is 2.28. The molecule has 4 radical (unpaired) electrons. The fourth-order valence-corrected chi connectivity index (χ4v) is 0.780. The Hall–Kier alpha value is 0.0295. The van der Waals surface area contributed by atoms with Gasteiger partial charge in [0.15, 0.2) is 0 Å². The van der Waals surface area contributed by atoms with E-state index in [9.17, 15) is 0 Å². The Kier molecular flexibility index (Phi) is 49.5. The fourth-order valence-electron chi connectivity index (χ4n) is 0.581. The molecule has 0 N–H and O–H groups in total. The van der Waals surface area contributed by atoms with E-state index in [4.69, 9.17) is 25.6 Å². The summed E-state index contributed by atoms with van der Waals surface area (Å²) in [6.07, 6.45) is 8.31. The van der Waals surface area contributed by atoms with Crippen molar-refractivity contribution >= 4 is 11.6 Å². The first-order valence-electron chi connectivity index (χ1n) is 3.03. The van der Waals surface area contributed by atoms with E-state index in [-0.39, 0.29) is 17.1 Å². The summed E-state index contributed by atoms with van der Waals surface area (Å²) in [5.41, 5.74) is 0. The summed E-state index contributed by atoms with van der Waals surface area (Å²) in [5.74, 6) is 0. The largest absolute Gasteiger partial charge is 0 e. The second kappa shape index (κ2) is 29.2. The minimum absolute atomic E-state index is 0. The van der Waals surface area contributed by atoms with Gasteiger partial charge in [-0.25, -0.2) is 0 Å². The van der Waals surface area contributed by atoms with Crippen LogP contribution < -0.4 is 0 Å². The summed E-state index contributed by atoms with van der Waals surface area (Å²) in [7, 11) is 0. The maximum Gasteiger partial charge on any atom is 0 e.